The molecule has 0 aliphatic carbocycles. The maximum Gasteiger partial charge on any atom is 0.422 e. The summed E-state index contributed by atoms with van der Waals surface area (Å²) in [4.78, 5) is 15.3. The number of urea groups is 1. The largest absolute Gasteiger partial charge is 0.508 e. The second-order valence-corrected chi connectivity index (χ2v) is 6.27. The molecule has 2 amide bonds. The van der Waals surface area contributed by atoms with Crippen LogP contribution in [0.1, 0.15) is 25.8 Å². The number of pyridine rings is 1. The third-order valence-electron chi connectivity index (χ3n) is 3.71. The molecular weight excluding hydrogens is 434 g/mol. The number of benzene rings is 1. The van der Waals surface area contributed by atoms with E-state index in [-0.39, 0.29) is 30.2 Å². The number of ether oxygens (including phenoxy) is 2. The maximum absolute atomic E-state index is 12.1. The van der Waals surface area contributed by atoms with Crippen molar-refractivity contribution < 1.29 is 36.9 Å². The lowest BCUT2D eigenvalue weighted by Gasteiger charge is -2.12. The van der Waals surface area contributed by atoms with Gasteiger partial charge in [-0.25, -0.2) is 14.2 Å². The van der Waals surface area contributed by atoms with E-state index >= 15 is 0 Å². The molecule has 1 atom stereocenters. The van der Waals surface area contributed by atoms with Crippen LogP contribution >= 0.6 is 0 Å². The summed E-state index contributed by atoms with van der Waals surface area (Å²) in [6.45, 7) is 3.86. The number of hydrogen-bond acceptors (Lipinski definition) is 5. The molecule has 2 heterocycles. The molecule has 1 aromatic heterocycles. The van der Waals surface area contributed by atoms with Gasteiger partial charge in [-0.2, -0.15) is 13.2 Å². The van der Waals surface area contributed by atoms with Gasteiger partial charge in [-0.3, -0.25) is 0 Å². The Morgan fingerprint density at radius 1 is 1.28 bits per heavy atom. The summed E-state index contributed by atoms with van der Waals surface area (Å²) in [7, 11) is 0. The van der Waals surface area contributed by atoms with E-state index in [0.29, 0.717) is 18.8 Å². The predicted molar refractivity (Wildman–Crippen MR) is 110 cm³/mol. The van der Waals surface area contributed by atoms with Crippen LogP contribution in [0.15, 0.2) is 42.6 Å². The van der Waals surface area contributed by atoms with E-state index in [1.807, 2.05) is 13.8 Å². The first-order chi connectivity index (χ1) is 15.2. The highest BCUT2D eigenvalue weighted by Crippen LogP contribution is 2.17. The lowest BCUT2D eigenvalue weighted by Crippen LogP contribution is -2.42. The van der Waals surface area contributed by atoms with Crippen molar-refractivity contribution in [2.45, 2.75) is 39.0 Å². The van der Waals surface area contributed by atoms with Gasteiger partial charge in [0.25, 0.3) is 0 Å². The normalized spacial score (nSPS) is 14.9. The molecule has 1 aliphatic heterocycles. The molecule has 0 bridgehead atoms. The predicted octanol–water partition coefficient (Wildman–Crippen LogP) is 4.17. The molecular formula is C21H27F4N3O4. The molecule has 178 valence electrons. The number of carbonyl (C=O) groups is 1. The number of halogens is 4. The standard InChI is InChI=1S/C13H16F3N3O3.C6H5FO.C2H6/c14-13(15,16)8-22-11-5-9(1-3-17-11)6-18-12(20)19-10-2-4-21-7-10;7-5-2-1-3-6(8)4-5;1-2/h1,3,5,10H,2,4,6-8H2,(H2,18,19,20);1-4,8H;1-2H3. The average Bonchev–Trinajstić information content (AvgIpc) is 3.25. The van der Waals surface area contributed by atoms with Gasteiger partial charge in [0.2, 0.25) is 5.88 Å². The van der Waals surface area contributed by atoms with E-state index in [1.165, 1.54) is 30.5 Å². The number of nitrogens with one attached hydrogen (secondary N) is 2. The Morgan fingerprint density at radius 3 is 2.59 bits per heavy atom. The summed E-state index contributed by atoms with van der Waals surface area (Å²) < 4.78 is 57.9. The number of alkyl halides is 3. The molecule has 3 N–H and O–H groups in total. The number of aromatic nitrogens is 1. The molecule has 3 rings (SSSR count). The number of phenolic OH excluding ortho intramolecular Hbond substituents is 1. The molecule has 0 saturated carbocycles. The lowest BCUT2D eigenvalue weighted by molar-refractivity contribution is -0.154. The van der Waals surface area contributed by atoms with Gasteiger partial charge >= 0.3 is 12.2 Å². The van der Waals surface area contributed by atoms with E-state index < -0.39 is 18.6 Å². The number of phenols is 1. The summed E-state index contributed by atoms with van der Waals surface area (Å²) in [6.07, 6.45) is -2.33. The number of nitrogens with zero attached hydrogens (tertiary/aromatic N) is 1. The van der Waals surface area contributed by atoms with E-state index in [0.717, 1.165) is 12.5 Å². The molecule has 1 saturated heterocycles. The lowest BCUT2D eigenvalue weighted by atomic mass is 10.2. The average molecular weight is 461 g/mol. The van der Waals surface area contributed by atoms with Crippen molar-refractivity contribution in [3.05, 3.63) is 54.0 Å². The highest BCUT2D eigenvalue weighted by molar-refractivity contribution is 5.74. The number of hydrogen-bond donors (Lipinski definition) is 3. The van der Waals surface area contributed by atoms with Crippen LogP contribution in [0.3, 0.4) is 0 Å². The summed E-state index contributed by atoms with van der Waals surface area (Å²) in [6, 6.07) is 7.77. The van der Waals surface area contributed by atoms with Crippen molar-refractivity contribution in [1.82, 2.24) is 15.6 Å². The minimum Gasteiger partial charge on any atom is -0.508 e. The van der Waals surface area contributed by atoms with Crippen molar-refractivity contribution in [3.63, 3.8) is 0 Å². The number of amides is 2. The molecule has 1 aromatic carbocycles. The number of rotatable bonds is 5. The highest BCUT2D eigenvalue weighted by Gasteiger charge is 2.28. The van der Waals surface area contributed by atoms with E-state index in [2.05, 4.69) is 20.4 Å². The van der Waals surface area contributed by atoms with Crippen LogP contribution in [-0.4, -0.2) is 48.2 Å². The fraction of sp³-hybridized carbons (Fsp3) is 0.429. The van der Waals surface area contributed by atoms with Gasteiger partial charge in [0.05, 0.1) is 12.6 Å². The second kappa shape index (κ2) is 14.1. The Labute approximate surface area is 183 Å². The monoisotopic (exact) mass is 461 g/mol. The smallest absolute Gasteiger partial charge is 0.422 e. The Bertz CT molecular complexity index is 798. The summed E-state index contributed by atoms with van der Waals surface area (Å²) in [5, 5.41) is 13.9. The van der Waals surface area contributed by atoms with Crippen LogP contribution in [-0.2, 0) is 11.3 Å². The summed E-state index contributed by atoms with van der Waals surface area (Å²) in [5.41, 5.74) is 0.588. The third kappa shape index (κ3) is 11.9. The first-order valence-corrected chi connectivity index (χ1v) is 9.92. The van der Waals surface area contributed by atoms with Crippen LogP contribution in [0.5, 0.6) is 11.6 Å². The molecule has 1 unspecified atom stereocenters. The van der Waals surface area contributed by atoms with E-state index in [9.17, 15) is 22.4 Å². The zero-order valence-electron chi connectivity index (χ0n) is 17.8. The zero-order valence-corrected chi connectivity index (χ0v) is 17.8. The van der Waals surface area contributed by atoms with Gasteiger partial charge in [-0.1, -0.05) is 19.9 Å². The van der Waals surface area contributed by atoms with Crippen LogP contribution in [0.25, 0.3) is 0 Å². The minimum atomic E-state index is -4.42. The van der Waals surface area contributed by atoms with Crippen LogP contribution in [0.2, 0.25) is 0 Å². The summed E-state index contributed by atoms with van der Waals surface area (Å²) >= 11 is 0. The van der Waals surface area contributed by atoms with Gasteiger partial charge in [0.15, 0.2) is 6.61 Å². The molecule has 1 aliphatic rings. The van der Waals surface area contributed by atoms with Gasteiger partial charge in [0.1, 0.15) is 11.6 Å². The Hall–Kier alpha value is -3.08. The quantitative estimate of drug-likeness (QED) is 0.582. The summed E-state index contributed by atoms with van der Waals surface area (Å²) in [5.74, 6) is -0.587. The van der Waals surface area contributed by atoms with E-state index in [4.69, 9.17) is 9.84 Å². The fourth-order valence-electron chi connectivity index (χ4n) is 2.34. The van der Waals surface area contributed by atoms with Gasteiger partial charge in [-0.05, 0) is 30.2 Å². The fourth-order valence-corrected chi connectivity index (χ4v) is 2.34. The molecule has 2 aromatic rings. The molecule has 0 spiro atoms. The van der Waals surface area contributed by atoms with Crippen molar-refractivity contribution >= 4 is 6.03 Å². The molecule has 7 nitrogen and oxygen atoms in total. The number of carbonyl (C=O) groups excluding carboxylic acids is 1. The first-order valence-electron chi connectivity index (χ1n) is 9.92. The third-order valence-corrected chi connectivity index (χ3v) is 3.71. The van der Waals surface area contributed by atoms with Crippen LogP contribution in [0, 0.1) is 5.82 Å². The van der Waals surface area contributed by atoms with Crippen molar-refractivity contribution in [3.8, 4) is 11.6 Å². The second-order valence-electron chi connectivity index (χ2n) is 6.27. The first kappa shape index (κ1) is 27.0. The van der Waals surface area contributed by atoms with Crippen molar-refractivity contribution in [1.29, 1.82) is 0 Å². The van der Waals surface area contributed by atoms with Crippen LogP contribution in [0.4, 0.5) is 22.4 Å². The Morgan fingerprint density at radius 2 is 2.03 bits per heavy atom. The Kier molecular flexibility index (Phi) is 11.9. The van der Waals surface area contributed by atoms with Crippen LogP contribution < -0.4 is 15.4 Å². The van der Waals surface area contributed by atoms with Gasteiger partial charge < -0.3 is 25.2 Å². The van der Waals surface area contributed by atoms with Crippen molar-refractivity contribution in [2.75, 3.05) is 19.8 Å². The minimum absolute atomic E-state index is 0.0110. The molecule has 32 heavy (non-hydrogen) atoms. The Balaban J connectivity index is 0.000000427. The molecule has 0 radical (unpaired) electrons. The SMILES string of the molecule is CC.O=C(NCc1ccnc(OCC(F)(F)F)c1)NC1CCOC1.Oc1cccc(F)c1. The molecule has 11 heteroatoms. The van der Waals surface area contributed by atoms with E-state index in [1.54, 1.807) is 6.07 Å². The van der Waals surface area contributed by atoms with Crippen molar-refractivity contribution in [2.24, 2.45) is 0 Å². The van der Waals surface area contributed by atoms with Gasteiger partial charge in [-0.15, -0.1) is 0 Å². The topological polar surface area (TPSA) is 92.7 Å². The molecule has 1 fully saturated rings. The zero-order chi connectivity index (χ0) is 24.0. The van der Waals surface area contributed by atoms with Gasteiger partial charge in [0, 0.05) is 31.5 Å². The highest BCUT2D eigenvalue weighted by atomic mass is 19.4. The number of aromatic hydroxyl groups is 1. The maximum atomic E-state index is 12.1.